The topological polar surface area (TPSA) is 49.9 Å². The van der Waals surface area contributed by atoms with Gasteiger partial charge in [-0.25, -0.2) is 0 Å². The molecule has 5 heteroatoms. The summed E-state index contributed by atoms with van der Waals surface area (Å²) in [5.41, 5.74) is 0. The Balaban J connectivity index is 2.01. The number of hydrogen-bond acceptors (Lipinski definition) is 4. The molecule has 5 nitrogen and oxygen atoms in total. The number of rotatable bonds is 3. The molecule has 2 saturated heterocycles. The van der Waals surface area contributed by atoms with Crippen LogP contribution in [0.15, 0.2) is 0 Å². The van der Waals surface area contributed by atoms with Crippen LogP contribution in [-0.4, -0.2) is 60.5 Å². The Bertz CT molecular complexity index is 311. The molecule has 0 aromatic carbocycles. The minimum absolute atomic E-state index is 0.0226. The molecule has 96 valence electrons. The van der Waals surface area contributed by atoms with Crippen LogP contribution in [0.25, 0.3) is 0 Å². The fraction of sp³-hybridized carbons (Fsp3) is 0.833. The largest absolute Gasteiger partial charge is 0.379 e. The Hall–Kier alpha value is -0.940. The first-order chi connectivity index (χ1) is 8.09. The molecule has 2 amide bonds. The van der Waals surface area contributed by atoms with Crippen molar-refractivity contribution >= 4 is 11.8 Å². The second-order valence-corrected chi connectivity index (χ2v) is 5.10. The molecule has 0 saturated carbocycles. The van der Waals surface area contributed by atoms with E-state index in [-0.39, 0.29) is 17.9 Å². The molecule has 0 spiro atoms. The zero-order chi connectivity index (χ0) is 12.4. The number of nitrogens with zero attached hydrogens (tertiary/aromatic N) is 2. The predicted molar refractivity (Wildman–Crippen MR) is 62.4 cm³/mol. The van der Waals surface area contributed by atoms with Crippen LogP contribution in [0.4, 0.5) is 0 Å². The second kappa shape index (κ2) is 5.14. The number of amides is 2. The van der Waals surface area contributed by atoms with E-state index >= 15 is 0 Å². The van der Waals surface area contributed by atoms with Crippen LogP contribution < -0.4 is 0 Å². The molecule has 0 N–H and O–H groups in total. The Morgan fingerprint density at radius 2 is 1.94 bits per heavy atom. The molecule has 0 radical (unpaired) electrons. The minimum Gasteiger partial charge on any atom is -0.379 e. The maximum Gasteiger partial charge on any atom is 0.247 e. The third-order valence-electron chi connectivity index (χ3n) is 3.25. The van der Waals surface area contributed by atoms with Gasteiger partial charge in [-0.1, -0.05) is 13.8 Å². The van der Waals surface area contributed by atoms with E-state index in [2.05, 4.69) is 4.90 Å². The van der Waals surface area contributed by atoms with Crippen LogP contribution in [0.2, 0.25) is 0 Å². The van der Waals surface area contributed by atoms with Gasteiger partial charge in [0.1, 0.15) is 0 Å². The van der Waals surface area contributed by atoms with E-state index < -0.39 is 0 Å². The van der Waals surface area contributed by atoms with E-state index in [1.807, 2.05) is 13.8 Å². The number of carbonyl (C=O) groups is 2. The molecule has 0 unspecified atom stereocenters. The van der Waals surface area contributed by atoms with Gasteiger partial charge in [-0.05, 0) is 5.92 Å². The monoisotopic (exact) mass is 240 g/mol. The summed E-state index contributed by atoms with van der Waals surface area (Å²) in [5.74, 6) is 0.275. The zero-order valence-electron chi connectivity index (χ0n) is 10.5. The number of hydrogen-bond donors (Lipinski definition) is 0. The van der Waals surface area contributed by atoms with Crippen molar-refractivity contribution in [1.29, 1.82) is 0 Å². The van der Waals surface area contributed by atoms with Crippen molar-refractivity contribution in [3.05, 3.63) is 0 Å². The summed E-state index contributed by atoms with van der Waals surface area (Å²) in [6.07, 6.45) is 0.339. The van der Waals surface area contributed by atoms with Gasteiger partial charge in [-0.3, -0.25) is 19.4 Å². The SMILES string of the molecule is CC(C)CN1C(=O)C[C@@H](N2CCOCC2)C1=O. The standard InChI is InChI=1S/C12H20N2O3/c1-9(2)8-14-11(15)7-10(12(14)16)13-3-5-17-6-4-13/h9-10H,3-8H2,1-2H3/t10-/m1/s1. The fourth-order valence-corrected chi connectivity index (χ4v) is 2.40. The van der Waals surface area contributed by atoms with E-state index in [4.69, 9.17) is 4.74 Å². The van der Waals surface area contributed by atoms with Crippen molar-refractivity contribution in [2.75, 3.05) is 32.8 Å². The summed E-state index contributed by atoms with van der Waals surface area (Å²) in [6, 6.07) is -0.245. The molecule has 2 rings (SSSR count). The van der Waals surface area contributed by atoms with E-state index in [9.17, 15) is 9.59 Å². The van der Waals surface area contributed by atoms with Crippen molar-refractivity contribution in [2.45, 2.75) is 26.3 Å². The van der Waals surface area contributed by atoms with Gasteiger partial charge in [0.05, 0.1) is 25.7 Å². The van der Waals surface area contributed by atoms with E-state index in [1.54, 1.807) is 0 Å². The van der Waals surface area contributed by atoms with E-state index in [0.29, 0.717) is 32.1 Å². The highest BCUT2D eigenvalue weighted by Gasteiger charge is 2.42. The lowest BCUT2D eigenvalue weighted by atomic mass is 10.2. The van der Waals surface area contributed by atoms with Crippen molar-refractivity contribution in [3.63, 3.8) is 0 Å². The predicted octanol–water partition coefficient (Wildman–Crippen LogP) is 0.102. The third-order valence-corrected chi connectivity index (χ3v) is 3.25. The van der Waals surface area contributed by atoms with Crippen molar-refractivity contribution in [3.8, 4) is 0 Å². The molecule has 17 heavy (non-hydrogen) atoms. The molecule has 0 aromatic heterocycles. The first-order valence-electron chi connectivity index (χ1n) is 6.25. The number of carbonyl (C=O) groups excluding carboxylic acids is 2. The maximum absolute atomic E-state index is 12.2. The van der Waals surface area contributed by atoms with Crippen molar-refractivity contribution in [2.24, 2.45) is 5.92 Å². The highest BCUT2D eigenvalue weighted by atomic mass is 16.5. The Labute approximate surface area is 102 Å². The van der Waals surface area contributed by atoms with E-state index in [0.717, 1.165) is 13.1 Å². The maximum atomic E-state index is 12.2. The third kappa shape index (κ3) is 2.66. The molecule has 0 aliphatic carbocycles. The van der Waals surface area contributed by atoms with Gasteiger partial charge < -0.3 is 4.74 Å². The molecular formula is C12H20N2O3. The Morgan fingerprint density at radius 1 is 1.29 bits per heavy atom. The lowest BCUT2D eigenvalue weighted by molar-refractivity contribution is -0.140. The smallest absolute Gasteiger partial charge is 0.247 e. The fourth-order valence-electron chi connectivity index (χ4n) is 2.40. The highest BCUT2D eigenvalue weighted by Crippen LogP contribution is 2.20. The van der Waals surface area contributed by atoms with Gasteiger partial charge in [-0.2, -0.15) is 0 Å². The van der Waals surface area contributed by atoms with Crippen LogP contribution in [0, 0.1) is 5.92 Å². The van der Waals surface area contributed by atoms with Gasteiger partial charge in [-0.15, -0.1) is 0 Å². The summed E-state index contributed by atoms with van der Waals surface area (Å²) >= 11 is 0. The number of likely N-dealkylation sites (tertiary alicyclic amines) is 1. The molecular weight excluding hydrogens is 220 g/mol. The normalized spacial score (nSPS) is 27.2. The summed E-state index contributed by atoms with van der Waals surface area (Å²) in [6.45, 7) is 7.38. The number of ether oxygens (including phenoxy) is 1. The summed E-state index contributed by atoms with van der Waals surface area (Å²) in [5, 5.41) is 0. The summed E-state index contributed by atoms with van der Waals surface area (Å²) < 4.78 is 5.26. The van der Waals surface area contributed by atoms with Crippen molar-refractivity contribution < 1.29 is 14.3 Å². The highest BCUT2D eigenvalue weighted by molar-refractivity contribution is 6.05. The van der Waals surface area contributed by atoms with Crippen LogP contribution in [0.3, 0.4) is 0 Å². The van der Waals surface area contributed by atoms with Crippen LogP contribution in [0.5, 0.6) is 0 Å². The molecule has 0 aromatic rings. The second-order valence-electron chi connectivity index (χ2n) is 5.10. The van der Waals surface area contributed by atoms with Gasteiger partial charge in [0.15, 0.2) is 0 Å². The summed E-state index contributed by atoms with van der Waals surface area (Å²) in [7, 11) is 0. The van der Waals surface area contributed by atoms with Gasteiger partial charge in [0.25, 0.3) is 0 Å². The van der Waals surface area contributed by atoms with Crippen LogP contribution in [0.1, 0.15) is 20.3 Å². The molecule has 0 bridgehead atoms. The summed E-state index contributed by atoms with van der Waals surface area (Å²) in [4.78, 5) is 27.5. The van der Waals surface area contributed by atoms with Gasteiger partial charge >= 0.3 is 0 Å². The van der Waals surface area contributed by atoms with Gasteiger partial charge in [0.2, 0.25) is 11.8 Å². The number of imide groups is 1. The lowest BCUT2D eigenvalue weighted by Gasteiger charge is -2.30. The van der Waals surface area contributed by atoms with Gasteiger partial charge in [0, 0.05) is 19.6 Å². The minimum atomic E-state index is -0.245. The molecule has 1 atom stereocenters. The molecule has 2 aliphatic rings. The van der Waals surface area contributed by atoms with E-state index in [1.165, 1.54) is 4.90 Å². The van der Waals surface area contributed by atoms with Crippen molar-refractivity contribution in [1.82, 2.24) is 9.80 Å². The molecule has 2 aliphatic heterocycles. The zero-order valence-corrected chi connectivity index (χ0v) is 10.5. The first kappa shape index (κ1) is 12.5. The Kier molecular flexibility index (Phi) is 3.79. The number of morpholine rings is 1. The lowest BCUT2D eigenvalue weighted by Crippen LogP contribution is -2.47. The van der Waals surface area contributed by atoms with Crippen LogP contribution >= 0.6 is 0 Å². The first-order valence-corrected chi connectivity index (χ1v) is 6.25. The van der Waals surface area contributed by atoms with Crippen LogP contribution in [-0.2, 0) is 14.3 Å². The Morgan fingerprint density at radius 3 is 2.53 bits per heavy atom. The molecule has 2 fully saturated rings. The average molecular weight is 240 g/mol. The molecule has 2 heterocycles. The quantitative estimate of drug-likeness (QED) is 0.657. The average Bonchev–Trinajstić information content (AvgIpc) is 2.58.